The van der Waals surface area contributed by atoms with Gasteiger partial charge in [-0.05, 0) is 74.7 Å². The molecule has 208 valence electrons. The molecule has 6 nitrogen and oxygen atoms in total. The second-order valence-corrected chi connectivity index (χ2v) is 11.9. The van der Waals surface area contributed by atoms with Crippen molar-refractivity contribution < 1.29 is 26.4 Å². The van der Waals surface area contributed by atoms with E-state index in [4.69, 9.17) is 0 Å². The lowest BCUT2D eigenvalue weighted by Crippen LogP contribution is -2.48. The van der Waals surface area contributed by atoms with Crippen molar-refractivity contribution in [1.29, 1.82) is 0 Å². The first-order valence-electron chi connectivity index (χ1n) is 12.9. The van der Waals surface area contributed by atoms with Crippen LogP contribution in [0.2, 0.25) is 0 Å². The first-order valence-corrected chi connectivity index (χ1v) is 14.5. The fourth-order valence-electron chi connectivity index (χ4n) is 4.88. The summed E-state index contributed by atoms with van der Waals surface area (Å²) in [5, 5.41) is 2.51. The normalized spacial score (nSPS) is 15.6. The Morgan fingerprint density at radius 3 is 2.33 bits per heavy atom. The molecule has 1 N–H and O–H groups in total. The number of rotatable bonds is 10. The third kappa shape index (κ3) is 7.83. The summed E-state index contributed by atoms with van der Waals surface area (Å²) >= 11 is 0. The van der Waals surface area contributed by atoms with Gasteiger partial charge in [0.2, 0.25) is 15.9 Å². The summed E-state index contributed by atoms with van der Waals surface area (Å²) in [6.07, 6.45) is 1.63. The summed E-state index contributed by atoms with van der Waals surface area (Å²) in [6.45, 7) is 3.39. The van der Waals surface area contributed by atoms with Crippen molar-refractivity contribution in [2.24, 2.45) is 5.92 Å². The number of halogens is 3. The zero-order chi connectivity index (χ0) is 28.0. The molecule has 1 saturated heterocycles. The molecular weight excluding hydrogens is 527 g/mol. The summed E-state index contributed by atoms with van der Waals surface area (Å²) in [5.74, 6) is -2.51. The number of piperidine rings is 1. The molecule has 4 rings (SSSR count). The quantitative estimate of drug-likeness (QED) is 0.353. The highest BCUT2D eigenvalue weighted by molar-refractivity contribution is 7.92. The second kappa shape index (κ2) is 12.7. The van der Waals surface area contributed by atoms with E-state index in [1.54, 1.807) is 30.3 Å². The smallest absolute Gasteiger partial charge is 0.239 e. The SMILES string of the molecule is C[C@H](CN(c1cccc(F)c1)S(=O)(=O)Cc1ccccc1)N1CCC(CC(=O)Nc2ccc(F)cc2F)CC1. The maximum absolute atomic E-state index is 14.1. The summed E-state index contributed by atoms with van der Waals surface area (Å²) in [4.78, 5) is 14.6. The summed E-state index contributed by atoms with van der Waals surface area (Å²) < 4.78 is 69.3. The van der Waals surface area contributed by atoms with E-state index in [9.17, 15) is 26.4 Å². The number of sulfonamides is 1. The maximum Gasteiger partial charge on any atom is 0.239 e. The highest BCUT2D eigenvalue weighted by Gasteiger charge is 2.30. The third-order valence-electron chi connectivity index (χ3n) is 7.01. The third-order valence-corrected chi connectivity index (χ3v) is 8.74. The van der Waals surface area contributed by atoms with E-state index in [-0.39, 0.29) is 48.0 Å². The van der Waals surface area contributed by atoms with E-state index in [1.165, 1.54) is 28.6 Å². The minimum absolute atomic E-state index is 0.0541. The van der Waals surface area contributed by atoms with E-state index in [0.717, 1.165) is 12.1 Å². The predicted molar refractivity (Wildman–Crippen MR) is 146 cm³/mol. The Morgan fingerprint density at radius 1 is 0.974 bits per heavy atom. The van der Waals surface area contributed by atoms with Gasteiger partial charge in [-0.15, -0.1) is 0 Å². The van der Waals surface area contributed by atoms with Gasteiger partial charge in [0.05, 0.1) is 17.1 Å². The van der Waals surface area contributed by atoms with E-state index in [1.807, 2.05) is 13.0 Å². The minimum atomic E-state index is -3.81. The molecule has 0 unspecified atom stereocenters. The molecule has 1 amide bonds. The zero-order valence-corrected chi connectivity index (χ0v) is 22.5. The van der Waals surface area contributed by atoms with Gasteiger partial charge in [-0.25, -0.2) is 21.6 Å². The fraction of sp³-hybridized carbons (Fsp3) is 0.345. The van der Waals surface area contributed by atoms with Gasteiger partial charge in [-0.1, -0.05) is 36.4 Å². The van der Waals surface area contributed by atoms with Gasteiger partial charge in [0.1, 0.15) is 17.5 Å². The molecule has 0 aliphatic carbocycles. The van der Waals surface area contributed by atoms with E-state index in [2.05, 4.69) is 10.2 Å². The maximum atomic E-state index is 14.1. The van der Waals surface area contributed by atoms with Crippen molar-refractivity contribution in [2.45, 2.75) is 38.0 Å². The molecule has 0 spiro atoms. The van der Waals surface area contributed by atoms with Crippen LogP contribution < -0.4 is 9.62 Å². The molecule has 0 saturated carbocycles. The summed E-state index contributed by atoms with van der Waals surface area (Å²) in [5.41, 5.74) is 0.866. The largest absolute Gasteiger partial charge is 0.324 e. The number of nitrogens with one attached hydrogen (secondary N) is 1. The lowest BCUT2D eigenvalue weighted by Gasteiger charge is -2.38. The molecule has 39 heavy (non-hydrogen) atoms. The van der Waals surface area contributed by atoms with Crippen molar-refractivity contribution in [3.63, 3.8) is 0 Å². The lowest BCUT2D eigenvalue weighted by molar-refractivity contribution is -0.117. The molecular formula is C29H32F3N3O3S. The van der Waals surface area contributed by atoms with Crippen LogP contribution in [-0.4, -0.2) is 44.9 Å². The van der Waals surface area contributed by atoms with Crippen LogP contribution in [-0.2, 0) is 20.6 Å². The van der Waals surface area contributed by atoms with E-state index in [0.29, 0.717) is 31.5 Å². The molecule has 1 fully saturated rings. The van der Waals surface area contributed by atoms with Crippen LogP contribution in [0.15, 0.2) is 72.8 Å². The number of benzene rings is 3. The number of carbonyl (C=O) groups excluding carboxylic acids is 1. The highest BCUT2D eigenvalue weighted by atomic mass is 32.2. The number of hydrogen-bond donors (Lipinski definition) is 1. The molecule has 0 aromatic heterocycles. The van der Waals surface area contributed by atoms with Crippen molar-refractivity contribution in [1.82, 2.24) is 4.90 Å². The van der Waals surface area contributed by atoms with Gasteiger partial charge in [-0.3, -0.25) is 14.0 Å². The van der Waals surface area contributed by atoms with Gasteiger partial charge in [-0.2, -0.15) is 0 Å². The van der Waals surface area contributed by atoms with Crippen molar-refractivity contribution in [3.05, 3.63) is 95.8 Å². The van der Waals surface area contributed by atoms with E-state index < -0.39 is 27.5 Å². The average molecular weight is 560 g/mol. The Morgan fingerprint density at radius 2 is 1.67 bits per heavy atom. The van der Waals surface area contributed by atoms with Crippen LogP contribution >= 0.6 is 0 Å². The molecule has 1 aliphatic heterocycles. The summed E-state index contributed by atoms with van der Waals surface area (Å²) in [6, 6.07) is 17.3. The molecule has 3 aromatic rings. The Labute approximate surface area is 227 Å². The second-order valence-electron chi connectivity index (χ2n) is 9.96. The first kappa shape index (κ1) is 28.6. The minimum Gasteiger partial charge on any atom is -0.324 e. The van der Waals surface area contributed by atoms with Crippen LogP contribution in [0.1, 0.15) is 31.7 Å². The fourth-order valence-corrected chi connectivity index (χ4v) is 6.53. The first-order chi connectivity index (χ1) is 18.6. The van der Waals surface area contributed by atoms with Crippen LogP contribution in [0.4, 0.5) is 24.5 Å². The molecule has 10 heteroatoms. The van der Waals surface area contributed by atoms with Crippen molar-refractivity contribution in [2.75, 3.05) is 29.3 Å². The Hall–Kier alpha value is -3.37. The molecule has 3 aromatic carbocycles. The molecule has 1 aliphatic rings. The highest BCUT2D eigenvalue weighted by Crippen LogP contribution is 2.27. The monoisotopic (exact) mass is 559 g/mol. The Balaban J connectivity index is 1.37. The molecule has 0 bridgehead atoms. The molecule has 0 radical (unpaired) electrons. The van der Waals surface area contributed by atoms with Crippen LogP contribution in [0.5, 0.6) is 0 Å². The predicted octanol–water partition coefficient (Wildman–Crippen LogP) is 5.57. The zero-order valence-electron chi connectivity index (χ0n) is 21.7. The van der Waals surface area contributed by atoms with Gasteiger partial charge < -0.3 is 5.32 Å². The van der Waals surface area contributed by atoms with Crippen LogP contribution in [0.3, 0.4) is 0 Å². The number of likely N-dealkylation sites (tertiary alicyclic amines) is 1. The number of amides is 1. The number of carbonyl (C=O) groups is 1. The molecule has 1 atom stereocenters. The van der Waals surface area contributed by atoms with E-state index >= 15 is 0 Å². The number of nitrogens with zero attached hydrogens (tertiary/aromatic N) is 2. The lowest BCUT2D eigenvalue weighted by atomic mass is 9.92. The van der Waals surface area contributed by atoms with Crippen molar-refractivity contribution in [3.8, 4) is 0 Å². The topological polar surface area (TPSA) is 69.7 Å². The van der Waals surface area contributed by atoms with Gasteiger partial charge in [0.25, 0.3) is 0 Å². The van der Waals surface area contributed by atoms with Crippen molar-refractivity contribution >= 4 is 27.3 Å². The van der Waals surface area contributed by atoms with Gasteiger partial charge >= 0.3 is 0 Å². The van der Waals surface area contributed by atoms with Gasteiger partial charge in [0.15, 0.2) is 0 Å². The molecule has 1 heterocycles. The van der Waals surface area contributed by atoms with Crippen LogP contribution in [0, 0.1) is 23.4 Å². The standard InChI is InChI=1S/C29H32F3N3O3S/c1-21(34-14-12-22(13-15-34)16-29(36)33-28-11-10-25(31)18-27(28)32)19-35(26-9-5-8-24(30)17-26)39(37,38)20-23-6-3-2-4-7-23/h2-11,17-18,21-22H,12-16,19-20H2,1H3,(H,33,36)/t21-/m1/s1. The van der Waals surface area contributed by atoms with Crippen LogP contribution in [0.25, 0.3) is 0 Å². The average Bonchev–Trinajstić information content (AvgIpc) is 2.89. The number of anilines is 2. The Bertz CT molecular complexity index is 1380. The summed E-state index contributed by atoms with van der Waals surface area (Å²) in [7, 11) is -3.81. The number of hydrogen-bond acceptors (Lipinski definition) is 4. The van der Waals surface area contributed by atoms with Gasteiger partial charge in [0, 0.05) is 25.1 Å². The Kier molecular flexibility index (Phi) is 9.29.